The quantitative estimate of drug-likeness (QED) is 0.549. The zero-order chi connectivity index (χ0) is 11.9. The van der Waals surface area contributed by atoms with E-state index in [2.05, 4.69) is 26.3 Å². The molecule has 1 saturated carbocycles. The Morgan fingerprint density at radius 1 is 0.688 bits per heavy atom. The molecule has 1 aliphatic rings. The maximum Gasteiger partial charge on any atom is 0.0592 e. The minimum atomic E-state index is -0.977. The summed E-state index contributed by atoms with van der Waals surface area (Å²) in [6, 6.07) is 4.49. The number of rotatable bonds is 4. The van der Waals surface area contributed by atoms with E-state index in [-0.39, 0.29) is 0 Å². The van der Waals surface area contributed by atoms with E-state index in [4.69, 9.17) is 0 Å². The fourth-order valence-corrected chi connectivity index (χ4v) is 7.95. The van der Waals surface area contributed by atoms with Gasteiger partial charge in [-0.25, -0.2) is 0 Å². The van der Waals surface area contributed by atoms with Gasteiger partial charge in [0.25, 0.3) is 0 Å². The summed E-state index contributed by atoms with van der Waals surface area (Å²) in [6.07, 6.45) is 11.9. The molecule has 0 atom stereocenters. The largest absolute Gasteiger partial charge is 0.0678 e. The first-order valence-electron chi connectivity index (χ1n) is 7.64. The molecule has 1 rings (SSSR count). The van der Waals surface area contributed by atoms with Gasteiger partial charge in [0.15, 0.2) is 0 Å². The molecule has 0 nitrogen and oxygen atoms in total. The van der Waals surface area contributed by atoms with E-state index in [9.17, 15) is 0 Å². The van der Waals surface area contributed by atoms with Gasteiger partial charge in [0, 0.05) is 0 Å². The van der Waals surface area contributed by atoms with Crippen molar-refractivity contribution in [2.24, 2.45) is 0 Å². The van der Waals surface area contributed by atoms with Gasteiger partial charge in [-0.15, -0.1) is 0 Å². The first-order chi connectivity index (χ1) is 7.79. The zero-order valence-electron chi connectivity index (χ0n) is 11.8. The van der Waals surface area contributed by atoms with Gasteiger partial charge >= 0.3 is 0 Å². The first-order valence-corrected chi connectivity index (χ1v) is 10.3. The van der Waals surface area contributed by atoms with Crippen LogP contribution >= 0.6 is 0 Å². The zero-order valence-corrected chi connectivity index (χ0v) is 12.8. The van der Waals surface area contributed by atoms with E-state index in [0.717, 1.165) is 0 Å². The molecule has 0 N–H and O–H groups in total. The molecule has 1 fully saturated rings. The van der Waals surface area contributed by atoms with Crippen molar-refractivity contribution in [2.75, 3.05) is 0 Å². The van der Waals surface area contributed by atoms with Gasteiger partial charge in [-0.3, -0.25) is 0 Å². The van der Waals surface area contributed by atoms with Crippen LogP contribution in [0.4, 0.5) is 0 Å². The second-order valence-corrected chi connectivity index (χ2v) is 11.0. The van der Waals surface area contributed by atoms with Gasteiger partial charge in [-0.2, -0.15) is 0 Å². The van der Waals surface area contributed by atoms with Crippen LogP contribution < -0.4 is 0 Å². The summed E-state index contributed by atoms with van der Waals surface area (Å²) < 4.78 is 0. The van der Waals surface area contributed by atoms with Crippen LogP contribution in [0.2, 0.25) is 18.1 Å². The second kappa shape index (κ2) is 7.52. The van der Waals surface area contributed by atoms with Crippen molar-refractivity contribution in [1.29, 1.82) is 0 Å². The third-order valence-electron chi connectivity index (χ3n) is 4.99. The van der Waals surface area contributed by atoms with Gasteiger partial charge in [-0.05, 0) is 18.4 Å². The van der Waals surface area contributed by atoms with Crippen molar-refractivity contribution in [2.45, 2.75) is 90.3 Å². The van der Waals surface area contributed by atoms with Crippen LogP contribution in [-0.2, 0) is 0 Å². The molecule has 0 aromatic heterocycles. The average Bonchev–Trinajstić information content (AvgIpc) is 2.46. The van der Waals surface area contributed by atoms with Gasteiger partial charge in [0.1, 0.15) is 0 Å². The van der Waals surface area contributed by atoms with E-state index in [1.807, 2.05) is 0 Å². The predicted octanol–water partition coefficient (Wildman–Crippen LogP) is 5.74. The summed E-state index contributed by atoms with van der Waals surface area (Å²) in [7, 11) is -0.977. The van der Waals surface area contributed by atoms with E-state index in [1.54, 1.807) is 0 Å². The fourth-order valence-electron chi connectivity index (χ4n) is 3.54. The molecule has 0 heterocycles. The molecule has 0 unspecified atom stereocenters. The SMILES string of the molecule is CC[Si](CC)(CC)[C]1CCCCCCCC1. The lowest BCUT2D eigenvalue weighted by molar-refractivity contribution is 0.624. The van der Waals surface area contributed by atoms with Crippen molar-refractivity contribution >= 4 is 8.07 Å². The summed E-state index contributed by atoms with van der Waals surface area (Å²) in [5.74, 6) is 0. The first kappa shape index (κ1) is 14.3. The summed E-state index contributed by atoms with van der Waals surface area (Å²) in [5.41, 5.74) is 2.06. The van der Waals surface area contributed by atoms with Crippen molar-refractivity contribution in [3.8, 4) is 0 Å². The van der Waals surface area contributed by atoms with Crippen LogP contribution in [0.3, 0.4) is 0 Å². The third-order valence-corrected chi connectivity index (χ3v) is 11.0. The Hall–Kier alpha value is 0.217. The van der Waals surface area contributed by atoms with Crippen LogP contribution in [0.5, 0.6) is 0 Å². The van der Waals surface area contributed by atoms with E-state index >= 15 is 0 Å². The van der Waals surface area contributed by atoms with E-state index in [0.29, 0.717) is 0 Å². The molecule has 0 saturated heterocycles. The molecule has 1 aliphatic carbocycles. The monoisotopic (exact) mass is 239 g/mol. The van der Waals surface area contributed by atoms with E-state index in [1.165, 1.54) is 69.5 Å². The summed E-state index contributed by atoms with van der Waals surface area (Å²) in [4.78, 5) is 0. The van der Waals surface area contributed by atoms with Crippen molar-refractivity contribution in [3.05, 3.63) is 5.54 Å². The summed E-state index contributed by atoms with van der Waals surface area (Å²) in [5, 5.41) is 0. The normalized spacial score (nSPS) is 21.2. The number of hydrogen-bond donors (Lipinski definition) is 0. The minimum absolute atomic E-state index is 0.977. The molecular weight excluding hydrogens is 208 g/mol. The molecule has 1 heteroatoms. The van der Waals surface area contributed by atoms with Gasteiger partial charge in [0.2, 0.25) is 0 Å². The standard InChI is InChI=1S/C15H31Si/c1-4-16(5-2,6-3)15-13-11-9-7-8-10-12-14-15/h4-14H2,1-3H3. The Kier molecular flexibility index (Phi) is 6.72. The highest BCUT2D eigenvalue weighted by Gasteiger charge is 2.35. The third kappa shape index (κ3) is 3.61. The molecular formula is C15H31Si. The molecule has 16 heavy (non-hydrogen) atoms. The lowest BCUT2D eigenvalue weighted by atomic mass is 10.1. The predicted molar refractivity (Wildman–Crippen MR) is 77.4 cm³/mol. The van der Waals surface area contributed by atoms with Crippen LogP contribution in [-0.4, -0.2) is 8.07 Å². The summed E-state index contributed by atoms with van der Waals surface area (Å²) >= 11 is 0. The highest BCUT2D eigenvalue weighted by atomic mass is 28.3. The molecule has 0 aliphatic heterocycles. The molecule has 0 aromatic rings. The Morgan fingerprint density at radius 3 is 1.44 bits per heavy atom. The summed E-state index contributed by atoms with van der Waals surface area (Å²) in [6.45, 7) is 7.37. The fraction of sp³-hybridized carbons (Fsp3) is 0.933. The maximum absolute atomic E-state index is 2.46. The Morgan fingerprint density at radius 2 is 1.06 bits per heavy atom. The van der Waals surface area contributed by atoms with Crippen molar-refractivity contribution < 1.29 is 0 Å². The number of hydrogen-bond acceptors (Lipinski definition) is 0. The average molecular weight is 239 g/mol. The lowest BCUT2D eigenvalue weighted by Crippen LogP contribution is -2.40. The molecule has 1 radical (unpaired) electrons. The lowest BCUT2D eigenvalue weighted by Gasteiger charge is -2.37. The maximum atomic E-state index is 2.46. The Balaban J connectivity index is 2.63. The van der Waals surface area contributed by atoms with Crippen LogP contribution in [0, 0.1) is 5.54 Å². The van der Waals surface area contributed by atoms with Crippen LogP contribution in [0.15, 0.2) is 0 Å². The molecule has 95 valence electrons. The van der Waals surface area contributed by atoms with Crippen LogP contribution in [0.25, 0.3) is 0 Å². The topological polar surface area (TPSA) is 0 Å². The van der Waals surface area contributed by atoms with Gasteiger partial charge < -0.3 is 0 Å². The minimum Gasteiger partial charge on any atom is -0.0678 e. The molecule has 0 spiro atoms. The Bertz CT molecular complexity index is 154. The molecule has 0 amide bonds. The second-order valence-electron chi connectivity index (χ2n) is 5.57. The Labute approximate surface area is 104 Å². The molecule has 0 aromatic carbocycles. The van der Waals surface area contributed by atoms with Gasteiger partial charge in [0.05, 0.1) is 8.07 Å². The highest BCUT2D eigenvalue weighted by Crippen LogP contribution is 2.38. The molecule has 0 bridgehead atoms. The smallest absolute Gasteiger partial charge is 0.0592 e. The van der Waals surface area contributed by atoms with Crippen LogP contribution in [0.1, 0.15) is 72.1 Å². The van der Waals surface area contributed by atoms with E-state index < -0.39 is 8.07 Å². The van der Waals surface area contributed by atoms with Gasteiger partial charge in [-0.1, -0.05) is 77.4 Å². The van der Waals surface area contributed by atoms with Crippen molar-refractivity contribution in [1.82, 2.24) is 0 Å². The van der Waals surface area contributed by atoms with Crippen molar-refractivity contribution in [3.63, 3.8) is 0 Å². The highest BCUT2D eigenvalue weighted by molar-refractivity contribution is 6.84.